The Morgan fingerprint density at radius 1 is 0.800 bits per heavy atom. The average molecular weight is 484 g/mol. The van der Waals surface area contributed by atoms with E-state index in [9.17, 15) is 14.4 Å². The first-order valence-corrected chi connectivity index (χ1v) is 11.9. The number of nitrogens with zero attached hydrogens (tertiary/aromatic N) is 4. The molecule has 0 aliphatic rings. The van der Waals surface area contributed by atoms with Gasteiger partial charge in [0.05, 0.1) is 17.1 Å². The summed E-state index contributed by atoms with van der Waals surface area (Å²) < 4.78 is 2.47. The highest BCUT2D eigenvalue weighted by Gasteiger charge is 2.11. The molecular weight excluding hydrogens is 462 g/mol. The third kappa shape index (κ3) is 4.95. The van der Waals surface area contributed by atoms with Crippen molar-refractivity contribution in [3.63, 3.8) is 0 Å². The number of carbonyl (C=O) groups is 1. The Kier molecular flexibility index (Phi) is 6.32. The van der Waals surface area contributed by atoms with Crippen molar-refractivity contribution in [2.24, 2.45) is 0 Å². The fourth-order valence-corrected chi connectivity index (χ4v) is 4.50. The van der Waals surface area contributed by atoms with Crippen molar-refractivity contribution in [3.8, 4) is 21.8 Å². The maximum atomic E-state index is 12.5. The largest absolute Gasteiger partial charge is 0.353 e. The Balaban J connectivity index is 1.27. The minimum absolute atomic E-state index is 0.192. The van der Waals surface area contributed by atoms with E-state index in [4.69, 9.17) is 0 Å². The molecule has 0 fully saturated rings. The van der Waals surface area contributed by atoms with Crippen LogP contribution in [0.25, 0.3) is 32.6 Å². The van der Waals surface area contributed by atoms with E-state index >= 15 is 0 Å². The number of aromatic nitrogens is 4. The molecule has 0 saturated carbocycles. The zero-order chi connectivity index (χ0) is 24.2. The van der Waals surface area contributed by atoms with Gasteiger partial charge in [-0.15, -0.1) is 11.3 Å². The molecule has 8 nitrogen and oxygen atoms in total. The van der Waals surface area contributed by atoms with Gasteiger partial charge in [0.2, 0.25) is 5.91 Å². The molecular formula is C26H21N5O3S. The van der Waals surface area contributed by atoms with Crippen LogP contribution in [0.15, 0.2) is 93.8 Å². The van der Waals surface area contributed by atoms with Crippen molar-refractivity contribution in [2.45, 2.75) is 13.1 Å². The smallest absolute Gasteiger partial charge is 0.267 e. The molecule has 0 aliphatic heterocycles. The highest BCUT2D eigenvalue weighted by atomic mass is 32.1. The Hall–Kier alpha value is -4.37. The Labute approximate surface area is 204 Å². The van der Waals surface area contributed by atoms with Gasteiger partial charge in [0.1, 0.15) is 12.2 Å². The molecule has 3 heterocycles. The van der Waals surface area contributed by atoms with Gasteiger partial charge in [-0.3, -0.25) is 14.4 Å². The van der Waals surface area contributed by atoms with Crippen molar-refractivity contribution >= 4 is 28.0 Å². The van der Waals surface area contributed by atoms with Gasteiger partial charge < -0.3 is 5.32 Å². The molecule has 0 bridgehead atoms. The van der Waals surface area contributed by atoms with Crippen molar-refractivity contribution < 1.29 is 4.79 Å². The summed E-state index contributed by atoms with van der Waals surface area (Å²) in [4.78, 5) is 38.0. The fourth-order valence-electron chi connectivity index (χ4n) is 3.81. The molecule has 0 spiro atoms. The molecule has 1 N–H and O–H groups in total. The molecule has 174 valence electrons. The minimum atomic E-state index is -0.378. The van der Waals surface area contributed by atoms with Gasteiger partial charge in [-0.25, -0.2) is 9.36 Å². The highest BCUT2D eigenvalue weighted by Crippen LogP contribution is 2.26. The molecule has 1 amide bonds. The molecule has 9 heteroatoms. The van der Waals surface area contributed by atoms with E-state index in [2.05, 4.69) is 15.5 Å². The molecule has 0 unspecified atom stereocenters. The van der Waals surface area contributed by atoms with E-state index in [1.165, 1.54) is 28.2 Å². The van der Waals surface area contributed by atoms with Gasteiger partial charge in [0, 0.05) is 24.2 Å². The lowest BCUT2D eigenvalue weighted by atomic mass is 10.0. The summed E-state index contributed by atoms with van der Waals surface area (Å²) in [7, 11) is 0. The summed E-state index contributed by atoms with van der Waals surface area (Å²) in [5.41, 5.74) is 1.57. The fraction of sp³-hybridized carbons (Fsp3) is 0.115. The van der Waals surface area contributed by atoms with Gasteiger partial charge in [-0.1, -0.05) is 48.5 Å². The molecule has 3 aromatic heterocycles. The van der Waals surface area contributed by atoms with E-state index in [0.717, 1.165) is 25.9 Å². The second-order valence-electron chi connectivity index (χ2n) is 7.85. The molecule has 0 aliphatic carbocycles. The van der Waals surface area contributed by atoms with Crippen LogP contribution in [0, 0.1) is 0 Å². The van der Waals surface area contributed by atoms with Crippen LogP contribution in [0.3, 0.4) is 0 Å². The third-order valence-electron chi connectivity index (χ3n) is 5.51. The molecule has 35 heavy (non-hydrogen) atoms. The molecule has 0 saturated heterocycles. The quantitative estimate of drug-likeness (QED) is 0.383. The van der Waals surface area contributed by atoms with Gasteiger partial charge in [-0.05, 0) is 34.4 Å². The van der Waals surface area contributed by atoms with E-state index in [0.29, 0.717) is 11.4 Å². The molecule has 0 radical (unpaired) electrons. The van der Waals surface area contributed by atoms with Crippen molar-refractivity contribution in [1.82, 2.24) is 24.9 Å². The standard InChI is InChI=1S/C26H21N5O3S/c32-24(27-14-15-30-25(33)13-11-22(29-30)23-9-4-16-35-23)17-31-26(34)12-10-21(28-31)20-8-3-6-18-5-1-2-7-19(18)20/h1-13,16H,14-15,17H2,(H,27,32). The van der Waals surface area contributed by atoms with Gasteiger partial charge >= 0.3 is 0 Å². The van der Waals surface area contributed by atoms with E-state index in [1.54, 1.807) is 12.1 Å². The summed E-state index contributed by atoms with van der Waals surface area (Å²) in [5, 5.41) is 15.6. The van der Waals surface area contributed by atoms with Crippen molar-refractivity contribution in [1.29, 1.82) is 0 Å². The number of nitrogens with one attached hydrogen (secondary N) is 1. The van der Waals surface area contributed by atoms with Crippen LogP contribution >= 0.6 is 11.3 Å². The van der Waals surface area contributed by atoms with Crippen LogP contribution in [-0.2, 0) is 17.9 Å². The van der Waals surface area contributed by atoms with Crippen LogP contribution in [0.5, 0.6) is 0 Å². The average Bonchev–Trinajstić information content (AvgIpc) is 3.41. The lowest BCUT2D eigenvalue weighted by molar-refractivity contribution is -0.121. The minimum Gasteiger partial charge on any atom is -0.353 e. The number of fused-ring (bicyclic) bond motifs is 1. The predicted molar refractivity (Wildman–Crippen MR) is 136 cm³/mol. The summed E-state index contributed by atoms with van der Waals surface area (Å²) in [6.07, 6.45) is 0. The van der Waals surface area contributed by atoms with Crippen LogP contribution < -0.4 is 16.4 Å². The summed E-state index contributed by atoms with van der Waals surface area (Å²) >= 11 is 1.53. The van der Waals surface area contributed by atoms with Crippen LogP contribution in [0.4, 0.5) is 0 Å². The highest BCUT2D eigenvalue weighted by molar-refractivity contribution is 7.13. The Bertz CT molecular complexity index is 1620. The third-order valence-corrected chi connectivity index (χ3v) is 6.40. The van der Waals surface area contributed by atoms with Gasteiger partial charge in [0.15, 0.2) is 0 Å². The topological polar surface area (TPSA) is 98.9 Å². The van der Waals surface area contributed by atoms with Gasteiger partial charge in [0.25, 0.3) is 11.1 Å². The lowest BCUT2D eigenvalue weighted by Crippen LogP contribution is -2.36. The second kappa shape index (κ2) is 9.86. The lowest BCUT2D eigenvalue weighted by Gasteiger charge is -2.10. The van der Waals surface area contributed by atoms with Crippen LogP contribution in [-0.4, -0.2) is 32.0 Å². The number of amides is 1. The number of hydrogen-bond acceptors (Lipinski definition) is 6. The van der Waals surface area contributed by atoms with Gasteiger partial charge in [-0.2, -0.15) is 10.2 Å². The van der Waals surface area contributed by atoms with Crippen molar-refractivity contribution in [3.05, 3.63) is 105 Å². The zero-order valence-electron chi connectivity index (χ0n) is 18.6. The summed E-state index contributed by atoms with van der Waals surface area (Å²) in [5.74, 6) is -0.378. The Morgan fingerprint density at radius 3 is 2.37 bits per heavy atom. The van der Waals surface area contributed by atoms with Crippen LogP contribution in [0.2, 0.25) is 0 Å². The summed E-state index contributed by atoms with van der Waals surface area (Å²) in [6, 6.07) is 23.9. The first kappa shape index (κ1) is 22.4. The van der Waals surface area contributed by atoms with E-state index in [-0.39, 0.29) is 36.7 Å². The van der Waals surface area contributed by atoms with Crippen molar-refractivity contribution in [2.75, 3.05) is 6.54 Å². The second-order valence-corrected chi connectivity index (χ2v) is 8.80. The molecule has 5 rings (SSSR count). The van der Waals surface area contributed by atoms with E-state index < -0.39 is 0 Å². The monoisotopic (exact) mass is 483 g/mol. The van der Waals surface area contributed by atoms with E-state index in [1.807, 2.05) is 60.0 Å². The first-order valence-electron chi connectivity index (χ1n) is 11.0. The first-order chi connectivity index (χ1) is 17.1. The molecule has 2 aromatic carbocycles. The summed E-state index contributed by atoms with van der Waals surface area (Å²) in [6.45, 7) is 0.175. The normalized spacial score (nSPS) is 11.0. The molecule has 0 atom stereocenters. The maximum absolute atomic E-state index is 12.5. The number of thiophene rings is 1. The SMILES string of the molecule is O=C(Cn1nc(-c2cccc3ccccc23)ccc1=O)NCCn1nc(-c2cccs2)ccc1=O. The molecule has 5 aromatic rings. The zero-order valence-corrected chi connectivity index (χ0v) is 19.4. The Morgan fingerprint density at radius 2 is 1.54 bits per heavy atom. The number of benzene rings is 2. The number of hydrogen-bond donors (Lipinski definition) is 1. The maximum Gasteiger partial charge on any atom is 0.267 e. The number of rotatable bonds is 7. The van der Waals surface area contributed by atoms with Crippen LogP contribution in [0.1, 0.15) is 0 Å². The number of carbonyl (C=O) groups excluding carboxylic acids is 1. The predicted octanol–water partition coefficient (Wildman–Crippen LogP) is 3.17.